The van der Waals surface area contributed by atoms with Gasteiger partial charge < -0.3 is 0 Å². The van der Waals surface area contributed by atoms with Gasteiger partial charge in [0.2, 0.25) is 0 Å². The first kappa shape index (κ1) is 13.6. The smallest absolute Gasteiger partial charge is 0.206 e. The molecule has 0 saturated heterocycles. The van der Waals surface area contributed by atoms with Gasteiger partial charge in [-0.2, -0.15) is 9.98 Å². The zero-order valence-corrected chi connectivity index (χ0v) is 11.8. The summed E-state index contributed by atoms with van der Waals surface area (Å²) >= 11 is 4.28. The van der Waals surface area contributed by atoms with Gasteiger partial charge in [-0.15, -0.1) is 11.3 Å². The number of thiophene rings is 1. The summed E-state index contributed by atoms with van der Waals surface area (Å²) in [6.45, 7) is 1.90. The molecule has 88 valence electrons. The summed E-state index contributed by atoms with van der Waals surface area (Å²) in [5.74, 6) is 0. The Labute approximate surface area is 107 Å². The predicted octanol–water partition coefficient (Wildman–Crippen LogP) is 2.48. The highest BCUT2D eigenvalue weighted by Gasteiger charge is 2.22. The number of hydrogen-bond acceptors (Lipinski definition) is 4. The Morgan fingerprint density at radius 2 is 2.38 bits per heavy atom. The summed E-state index contributed by atoms with van der Waals surface area (Å²) < 4.78 is 26.9. The Morgan fingerprint density at radius 3 is 2.81 bits per heavy atom. The molecular weight excluding hydrogens is 312 g/mol. The Bertz CT molecular complexity index is 490. The van der Waals surface area contributed by atoms with E-state index in [-0.39, 0.29) is 4.21 Å². The van der Waals surface area contributed by atoms with Crippen LogP contribution < -0.4 is 4.72 Å². The van der Waals surface area contributed by atoms with Crippen molar-refractivity contribution in [2.45, 2.75) is 30.0 Å². The molecular formula is C9H11BrN2O2S2. The number of nitriles is 1. The van der Waals surface area contributed by atoms with Gasteiger partial charge in [0.15, 0.2) is 0 Å². The molecule has 0 aromatic carbocycles. The van der Waals surface area contributed by atoms with Crippen molar-refractivity contribution >= 4 is 37.3 Å². The SMILES string of the molecule is CCCC(C#N)NS(=O)(=O)c1sccc1Br. The van der Waals surface area contributed by atoms with Gasteiger partial charge in [0.05, 0.1) is 6.07 Å². The fourth-order valence-corrected chi connectivity index (χ4v) is 4.68. The largest absolute Gasteiger partial charge is 0.252 e. The van der Waals surface area contributed by atoms with Crippen molar-refractivity contribution in [1.29, 1.82) is 5.26 Å². The maximum atomic E-state index is 11.9. The molecule has 0 bridgehead atoms. The van der Waals surface area contributed by atoms with E-state index >= 15 is 0 Å². The van der Waals surface area contributed by atoms with Crippen molar-refractivity contribution in [3.8, 4) is 6.07 Å². The molecule has 0 spiro atoms. The molecule has 1 aromatic rings. The molecule has 1 aromatic heterocycles. The van der Waals surface area contributed by atoms with Crippen LogP contribution in [0.3, 0.4) is 0 Å². The lowest BCUT2D eigenvalue weighted by Gasteiger charge is -2.09. The summed E-state index contributed by atoms with van der Waals surface area (Å²) in [6, 6.07) is 2.94. The van der Waals surface area contributed by atoms with Crippen molar-refractivity contribution in [3.05, 3.63) is 15.9 Å². The summed E-state index contributed by atoms with van der Waals surface area (Å²) in [5.41, 5.74) is 0. The van der Waals surface area contributed by atoms with Crippen LogP contribution in [0.1, 0.15) is 19.8 Å². The summed E-state index contributed by atoms with van der Waals surface area (Å²) in [5, 5.41) is 10.5. The van der Waals surface area contributed by atoms with E-state index in [1.807, 2.05) is 13.0 Å². The number of rotatable bonds is 5. The molecule has 0 aliphatic carbocycles. The highest BCUT2D eigenvalue weighted by Crippen LogP contribution is 2.27. The van der Waals surface area contributed by atoms with E-state index in [4.69, 9.17) is 5.26 Å². The van der Waals surface area contributed by atoms with Crippen molar-refractivity contribution in [2.24, 2.45) is 0 Å². The van der Waals surface area contributed by atoms with Crippen LogP contribution in [0, 0.1) is 11.3 Å². The third-order valence-corrected chi connectivity index (χ3v) is 6.00. The molecule has 0 amide bonds. The average molecular weight is 323 g/mol. The second kappa shape index (κ2) is 5.77. The fourth-order valence-electron chi connectivity index (χ4n) is 1.15. The van der Waals surface area contributed by atoms with Crippen LogP contribution in [0.2, 0.25) is 0 Å². The molecule has 0 aliphatic heterocycles. The molecule has 0 saturated carbocycles. The summed E-state index contributed by atoms with van der Waals surface area (Å²) in [6.07, 6.45) is 1.27. The van der Waals surface area contributed by atoms with Crippen LogP contribution in [0.5, 0.6) is 0 Å². The molecule has 0 aliphatic rings. The van der Waals surface area contributed by atoms with Gasteiger partial charge in [0.1, 0.15) is 10.3 Å². The molecule has 0 radical (unpaired) electrons. The first-order valence-corrected chi connectivity index (χ1v) is 7.81. The summed E-state index contributed by atoms with van der Waals surface area (Å²) in [7, 11) is -3.58. The lowest BCUT2D eigenvalue weighted by atomic mass is 10.2. The van der Waals surface area contributed by atoms with E-state index in [9.17, 15) is 8.42 Å². The van der Waals surface area contributed by atoms with Crippen molar-refractivity contribution < 1.29 is 8.42 Å². The summed E-state index contributed by atoms with van der Waals surface area (Å²) in [4.78, 5) is 0. The molecule has 1 unspecified atom stereocenters. The van der Waals surface area contributed by atoms with Gasteiger partial charge in [-0.05, 0) is 33.8 Å². The van der Waals surface area contributed by atoms with E-state index in [2.05, 4.69) is 20.7 Å². The number of nitrogens with zero attached hydrogens (tertiary/aromatic N) is 1. The molecule has 1 rings (SSSR count). The molecule has 1 atom stereocenters. The second-order valence-electron chi connectivity index (χ2n) is 3.15. The number of sulfonamides is 1. The van der Waals surface area contributed by atoms with Crippen molar-refractivity contribution in [3.63, 3.8) is 0 Å². The third-order valence-electron chi connectivity index (χ3n) is 1.86. The molecule has 1 N–H and O–H groups in total. The number of hydrogen-bond donors (Lipinski definition) is 1. The van der Waals surface area contributed by atoms with Crippen LogP contribution in [0.15, 0.2) is 20.1 Å². The lowest BCUT2D eigenvalue weighted by Crippen LogP contribution is -2.33. The number of halogens is 1. The van der Waals surface area contributed by atoms with Gasteiger partial charge in [-0.1, -0.05) is 13.3 Å². The van der Waals surface area contributed by atoms with Gasteiger partial charge in [0, 0.05) is 4.47 Å². The average Bonchev–Trinajstić information content (AvgIpc) is 2.64. The Hall–Kier alpha value is -0.420. The van der Waals surface area contributed by atoms with Gasteiger partial charge in [0.25, 0.3) is 10.0 Å². The van der Waals surface area contributed by atoms with E-state index in [1.54, 1.807) is 11.4 Å². The van der Waals surface area contributed by atoms with Crippen LogP contribution in [0.4, 0.5) is 0 Å². The van der Waals surface area contributed by atoms with E-state index in [1.165, 1.54) is 0 Å². The lowest BCUT2D eigenvalue weighted by molar-refractivity contribution is 0.564. The zero-order chi connectivity index (χ0) is 12.2. The van der Waals surface area contributed by atoms with Crippen molar-refractivity contribution in [1.82, 2.24) is 4.72 Å². The minimum atomic E-state index is -3.58. The third kappa shape index (κ3) is 3.28. The monoisotopic (exact) mass is 322 g/mol. The van der Waals surface area contributed by atoms with E-state index in [0.717, 1.165) is 17.8 Å². The molecule has 7 heteroatoms. The highest BCUT2D eigenvalue weighted by atomic mass is 79.9. The van der Waals surface area contributed by atoms with Crippen LogP contribution in [-0.4, -0.2) is 14.5 Å². The standard InChI is InChI=1S/C9H11BrN2O2S2/c1-2-3-7(6-11)12-16(13,14)9-8(10)4-5-15-9/h4-5,7,12H,2-3H2,1H3. The van der Waals surface area contributed by atoms with Crippen LogP contribution >= 0.6 is 27.3 Å². The maximum Gasteiger partial charge on any atom is 0.252 e. The number of nitrogens with one attached hydrogen (secondary N) is 1. The fraction of sp³-hybridized carbons (Fsp3) is 0.444. The zero-order valence-electron chi connectivity index (χ0n) is 8.60. The van der Waals surface area contributed by atoms with Gasteiger partial charge in [-0.25, -0.2) is 8.42 Å². The Kier molecular flexibility index (Phi) is 4.92. The van der Waals surface area contributed by atoms with Crippen molar-refractivity contribution in [2.75, 3.05) is 0 Å². The molecule has 4 nitrogen and oxygen atoms in total. The topological polar surface area (TPSA) is 70.0 Å². The van der Waals surface area contributed by atoms with Gasteiger partial charge >= 0.3 is 0 Å². The van der Waals surface area contributed by atoms with Gasteiger partial charge in [-0.3, -0.25) is 0 Å². The van der Waals surface area contributed by atoms with Crippen LogP contribution in [0.25, 0.3) is 0 Å². The molecule has 0 fully saturated rings. The normalized spacial score (nSPS) is 13.3. The maximum absolute atomic E-state index is 11.9. The first-order chi connectivity index (χ1) is 7.51. The highest BCUT2D eigenvalue weighted by molar-refractivity contribution is 9.10. The first-order valence-electron chi connectivity index (χ1n) is 4.66. The van der Waals surface area contributed by atoms with Crippen LogP contribution in [-0.2, 0) is 10.0 Å². The van der Waals surface area contributed by atoms with E-state index < -0.39 is 16.1 Å². The molecule has 1 heterocycles. The minimum absolute atomic E-state index is 0.212. The Balaban J connectivity index is 2.89. The van der Waals surface area contributed by atoms with E-state index in [0.29, 0.717) is 10.9 Å². The minimum Gasteiger partial charge on any atom is -0.206 e. The molecule has 16 heavy (non-hydrogen) atoms. The quantitative estimate of drug-likeness (QED) is 0.905. The Morgan fingerprint density at radius 1 is 1.69 bits per heavy atom. The second-order valence-corrected chi connectivity index (χ2v) is 6.83. The predicted molar refractivity (Wildman–Crippen MR) is 66.6 cm³/mol.